The van der Waals surface area contributed by atoms with Crippen LogP contribution in [0.4, 0.5) is 5.95 Å². The molecule has 160 valence electrons. The van der Waals surface area contributed by atoms with Gasteiger partial charge in [0.2, 0.25) is 5.95 Å². The van der Waals surface area contributed by atoms with Crippen molar-refractivity contribution in [2.45, 2.75) is 39.6 Å². The highest BCUT2D eigenvalue weighted by Crippen LogP contribution is 2.38. The molecule has 0 bridgehead atoms. The molecular formula is C22H25N7O2. The Hall–Kier alpha value is -3.46. The number of aryl methyl sites for hydroxylation is 1. The molecule has 1 atom stereocenters. The van der Waals surface area contributed by atoms with E-state index in [1.165, 1.54) is 10.9 Å². The van der Waals surface area contributed by atoms with Crippen molar-refractivity contribution in [1.29, 1.82) is 0 Å². The minimum atomic E-state index is -0.648. The Kier molecular flexibility index (Phi) is 4.44. The van der Waals surface area contributed by atoms with E-state index in [2.05, 4.69) is 23.4 Å². The summed E-state index contributed by atoms with van der Waals surface area (Å²) in [6.45, 7) is 7.25. The van der Waals surface area contributed by atoms with Gasteiger partial charge in [0.1, 0.15) is 17.6 Å². The zero-order valence-corrected chi connectivity index (χ0v) is 18.0. The molecule has 31 heavy (non-hydrogen) atoms. The predicted octanol–water partition coefficient (Wildman–Crippen LogP) is 2.40. The fourth-order valence-corrected chi connectivity index (χ4v) is 4.12. The fourth-order valence-electron chi connectivity index (χ4n) is 4.12. The van der Waals surface area contributed by atoms with Gasteiger partial charge in [-0.3, -0.25) is 9.48 Å². The second-order valence-electron chi connectivity index (χ2n) is 8.25. The maximum Gasteiger partial charge on any atom is 0.260 e. The van der Waals surface area contributed by atoms with E-state index >= 15 is 0 Å². The lowest BCUT2D eigenvalue weighted by molar-refractivity contribution is 0.190. The monoisotopic (exact) mass is 419 g/mol. The van der Waals surface area contributed by atoms with Crippen molar-refractivity contribution in [2.75, 3.05) is 11.4 Å². The molecule has 0 saturated carbocycles. The third-order valence-electron chi connectivity index (χ3n) is 5.79. The molecule has 1 unspecified atom stereocenters. The number of aliphatic hydroxyl groups excluding tert-OH is 1. The molecule has 0 radical (unpaired) electrons. The molecule has 4 heterocycles. The molecule has 4 aromatic rings. The third-order valence-corrected chi connectivity index (χ3v) is 5.79. The largest absolute Gasteiger partial charge is 0.374 e. The van der Waals surface area contributed by atoms with E-state index < -0.39 is 6.23 Å². The lowest BCUT2D eigenvalue weighted by Crippen LogP contribution is -2.31. The van der Waals surface area contributed by atoms with E-state index in [4.69, 9.17) is 10.1 Å². The number of aromatic nitrogens is 6. The Balaban J connectivity index is 1.76. The molecular weight excluding hydrogens is 394 g/mol. The molecule has 5 rings (SSSR count). The second-order valence-corrected chi connectivity index (χ2v) is 8.25. The Morgan fingerprint density at radius 3 is 2.65 bits per heavy atom. The van der Waals surface area contributed by atoms with E-state index in [1.807, 2.05) is 40.0 Å². The van der Waals surface area contributed by atoms with E-state index in [0.717, 1.165) is 22.6 Å². The number of rotatable bonds is 4. The van der Waals surface area contributed by atoms with Crippen LogP contribution in [0.1, 0.15) is 26.8 Å². The first kappa shape index (κ1) is 19.5. The first-order valence-electron chi connectivity index (χ1n) is 10.4. The first-order valence-corrected chi connectivity index (χ1v) is 10.4. The average molecular weight is 419 g/mol. The van der Waals surface area contributed by atoms with Crippen molar-refractivity contribution in [3.63, 3.8) is 0 Å². The summed E-state index contributed by atoms with van der Waals surface area (Å²) in [5.74, 6) is 0.707. The Labute approximate surface area is 179 Å². The topological polar surface area (TPSA) is 94.0 Å². The third kappa shape index (κ3) is 3.04. The van der Waals surface area contributed by atoms with Crippen LogP contribution in [0.25, 0.3) is 33.5 Å². The normalized spacial score (nSPS) is 14.6. The molecule has 1 aliphatic rings. The van der Waals surface area contributed by atoms with Crippen LogP contribution in [-0.4, -0.2) is 46.8 Å². The number of imidazole rings is 1. The quantitative estimate of drug-likeness (QED) is 0.546. The number of aliphatic hydroxyl groups is 1. The van der Waals surface area contributed by atoms with Crippen molar-refractivity contribution in [1.82, 2.24) is 28.9 Å². The van der Waals surface area contributed by atoms with Crippen LogP contribution in [0.2, 0.25) is 0 Å². The van der Waals surface area contributed by atoms with Crippen LogP contribution in [0.5, 0.6) is 0 Å². The maximum atomic E-state index is 12.7. The first-order chi connectivity index (χ1) is 14.8. The van der Waals surface area contributed by atoms with Gasteiger partial charge in [0.25, 0.3) is 5.56 Å². The SMILES string of the molecule is CC(O)N1CCn2c1nc(-c1ccn(C(C)C)n1)c2-c1ccc2ncn(C)c(=O)c2c1. The molecule has 1 aliphatic heterocycles. The number of fused-ring (bicyclic) bond motifs is 2. The van der Waals surface area contributed by atoms with Gasteiger partial charge in [-0.1, -0.05) is 6.07 Å². The van der Waals surface area contributed by atoms with Crippen LogP contribution >= 0.6 is 0 Å². The van der Waals surface area contributed by atoms with Gasteiger partial charge in [-0.25, -0.2) is 9.97 Å². The summed E-state index contributed by atoms with van der Waals surface area (Å²) in [4.78, 5) is 23.8. The summed E-state index contributed by atoms with van der Waals surface area (Å²) in [7, 11) is 1.70. The molecule has 0 amide bonds. The zero-order valence-electron chi connectivity index (χ0n) is 18.0. The van der Waals surface area contributed by atoms with Crippen LogP contribution in [0, 0.1) is 0 Å². The molecule has 0 aliphatic carbocycles. The number of hydrogen-bond donors (Lipinski definition) is 1. The highest BCUT2D eigenvalue weighted by atomic mass is 16.3. The molecule has 0 spiro atoms. The summed E-state index contributed by atoms with van der Waals surface area (Å²) in [5, 5.41) is 15.5. The Morgan fingerprint density at radius 2 is 1.94 bits per heavy atom. The predicted molar refractivity (Wildman–Crippen MR) is 119 cm³/mol. The lowest BCUT2D eigenvalue weighted by Gasteiger charge is -2.18. The van der Waals surface area contributed by atoms with Crippen molar-refractivity contribution >= 4 is 16.9 Å². The van der Waals surface area contributed by atoms with Gasteiger partial charge in [-0.2, -0.15) is 5.10 Å². The second kappa shape index (κ2) is 7.05. The van der Waals surface area contributed by atoms with Crippen molar-refractivity contribution in [3.05, 3.63) is 47.1 Å². The molecule has 3 aromatic heterocycles. The minimum Gasteiger partial charge on any atom is -0.374 e. The van der Waals surface area contributed by atoms with Crippen LogP contribution < -0.4 is 10.5 Å². The zero-order chi connectivity index (χ0) is 21.9. The van der Waals surface area contributed by atoms with E-state index in [0.29, 0.717) is 29.9 Å². The van der Waals surface area contributed by atoms with Gasteiger partial charge in [-0.15, -0.1) is 0 Å². The lowest BCUT2D eigenvalue weighted by atomic mass is 10.1. The highest BCUT2D eigenvalue weighted by molar-refractivity contribution is 5.87. The molecule has 1 aromatic carbocycles. The van der Waals surface area contributed by atoms with Gasteiger partial charge in [-0.05, 0) is 39.0 Å². The Morgan fingerprint density at radius 1 is 1.13 bits per heavy atom. The van der Waals surface area contributed by atoms with Crippen LogP contribution in [0.15, 0.2) is 41.6 Å². The van der Waals surface area contributed by atoms with Gasteiger partial charge in [0.05, 0.1) is 22.9 Å². The molecule has 0 fully saturated rings. The average Bonchev–Trinajstić information content (AvgIpc) is 3.44. The highest BCUT2D eigenvalue weighted by Gasteiger charge is 2.31. The van der Waals surface area contributed by atoms with Crippen molar-refractivity contribution in [3.8, 4) is 22.6 Å². The van der Waals surface area contributed by atoms with E-state index in [9.17, 15) is 9.90 Å². The molecule has 0 saturated heterocycles. The van der Waals surface area contributed by atoms with Gasteiger partial charge >= 0.3 is 0 Å². The standard InChI is InChI=1S/C22H25N7O2/c1-13(2)29-8-7-18(25-29)19-20(28-10-9-27(14(3)30)22(28)24-19)15-5-6-17-16(11-15)21(31)26(4)12-23-17/h5-8,11-14,30H,9-10H2,1-4H3. The van der Waals surface area contributed by atoms with Crippen molar-refractivity contribution in [2.24, 2.45) is 7.05 Å². The maximum absolute atomic E-state index is 12.7. The Bertz CT molecular complexity index is 1350. The number of benzene rings is 1. The van der Waals surface area contributed by atoms with Crippen molar-refractivity contribution < 1.29 is 5.11 Å². The summed E-state index contributed by atoms with van der Waals surface area (Å²) < 4.78 is 5.47. The number of hydrogen-bond acceptors (Lipinski definition) is 6. The molecule has 9 heteroatoms. The summed E-state index contributed by atoms with van der Waals surface area (Å²) in [5.41, 5.74) is 3.82. The number of anilines is 1. The van der Waals surface area contributed by atoms with Gasteiger partial charge in [0, 0.05) is 37.9 Å². The molecule has 9 nitrogen and oxygen atoms in total. The van der Waals surface area contributed by atoms with Crippen LogP contribution in [-0.2, 0) is 13.6 Å². The van der Waals surface area contributed by atoms with E-state index in [1.54, 1.807) is 14.0 Å². The minimum absolute atomic E-state index is 0.0933. The summed E-state index contributed by atoms with van der Waals surface area (Å²) in [6, 6.07) is 7.89. The van der Waals surface area contributed by atoms with Gasteiger partial charge in [0.15, 0.2) is 0 Å². The summed E-state index contributed by atoms with van der Waals surface area (Å²) >= 11 is 0. The molecule has 1 N–H and O–H groups in total. The van der Waals surface area contributed by atoms with E-state index in [-0.39, 0.29) is 11.6 Å². The van der Waals surface area contributed by atoms with Crippen LogP contribution in [0.3, 0.4) is 0 Å². The number of nitrogens with zero attached hydrogens (tertiary/aromatic N) is 7. The fraction of sp³-hybridized carbons (Fsp3) is 0.364. The smallest absolute Gasteiger partial charge is 0.260 e. The summed E-state index contributed by atoms with van der Waals surface area (Å²) in [6.07, 6.45) is 2.83. The van der Waals surface area contributed by atoms with Gasteiger partial charge < -0.3 is 19.1 Å².